The topological polar surface area (TPSA) is 66.4 Å². The summed E-state index contributed by atoms with van der Waals surface area (Å²) >= 11 is -6.30. The van der Waals surface area contributed by atoms with Gasteiger partial charge in [-0.1, -0.05) is 0 Å². The molecule has 1 unspecified atom stereocenters. The van der Waals surface area contributed by atoms with Crippen LogP contribution < -0.4 is 23.7 Å². The van der Waals surface area contributed by atoms with Gasteiger partial charge >= 0.3 is 148 Å². The minimum atomic E-state index is -6.30. The fourth-order valence-corrected chi connectivity index (χ4v) is 11.2. The van der Waals surface area contributed by atoms with Crippen molar-refractivity contribution in [1.82, 2.24) is 0 Å². The fourth-order valence-electron chi connectivity index (χ4n) is 2.57. The zero-order chi connectivity index (χ0) is 18.3. The average molecular weight is 486 g/mol. The summed E-state index contributed by atoms with van der Waals surface area (Å²) < 4.78 is 78.0. The van der Waals surface area contributed by atoms with Crippen molar-refractivity contribution in [3.8, 4) is 5.75 Å². The van der Waals surface area contributed by atoms with Crippen LogP contribution in [0.5, 0.6) is 5.75 Å². The molecule has 0 radical (unpaired) electrons. The second kappa shape index (κ2) is 6.44. The normalized spacial score (nSPS) is 18.6. The molecule has 2 aromatic rings. The molecule has 0 saturated heterocycles. The van der Waals surface area contributed by atoms with Crippen molar-refractivity contribution in [2.24, 2.45) is 0 Å². The molecule has 0 spiro atoms. The molecule has 4 nitrogen and oxygen atoms in total. The quantitative estimate of drug-likeness (QED) is 0.352. The van der Waals surface area contributed by atoms with Crippen molar-refractivity contribution in [1.29, 1.82) is 0 Å². The van der Waals surface area contributed by atoms with Gasteiger partial charge in [-0.15, -0.1) is 0 Å². The van der Waals surface area contributed by atoms with Crippen LogP contribution in [0.4, 0.5) is 11.6 Å². The summed E-state index contributed by atoms with van der Waals surface area (Å²) in [6.45, 7) is 0.365. The van der Waals surface area contributed by atoms with E-state index in [0.29, 0.717) is 13.0 Å². The summed E-state index contributed by atoms with van der Waals surface area (Å²) in [5.74, 6) is 0.254. The minimum absolute atomic E-state index is 0.254. The molecule has 0 bridgehead atoms. The molecule has 1 aliphatic rings. The Morgan fingerprint density at radius 1 is 1.08 bits per heavy atom. The third-order valence-corrected chi connectivity index (χ3v) is 14.0. The monoisotopic (exact) mass is 486 g/mol. The Hall–Kier alpha value is -1.33. The van der Waals surface area contributed by atoms with Crippen molar-refractivity contribution in [2.75, 3.05) is 6.61 Å². The van der Waals surface area contributed by atoms with Crippen LogP contribution in [0.2, 0.25) is 0 Å². The van der Waals surface area contributed by atoms with Gasteiger partial charge in [-0.3, -0.25) is 0 Å². The maximum atomic E-state index is 15.9. The van der Waals surface area contributed by atoms with Gasteiger partial charge in [0.05, 0.1) is 0 Å². The van der Waals surface area contributed by atoms with Crippen LogP contribution in [0.15, 0.2) is 48.5 Å². The molecule has 1 heterocycles. The van der Waals surface area contributed by atoms with Gasteiger partial charge in [-0.05, 0) is 0 Å². The summed E-state index contributed by atoms with van der Waals surface area (Å²) in [5, 5.41) is 0. The van der Waals surface area contributed by atoms with Crippen molar-refractivity contribution in [2.45, 2.75) is 16.1 Å². The van der Waals surface area contributed by atoms with Gasteiger partial charge < -0.3 is 0 Å². The standard InChI is InChI=1S/C16H15F3IO4S/c17-16(18,25(21,22)23)20(19,13-6-2-1-3-7-13)14-9-8-12-5-4-10-24-15(12)11-14/h1-3,6-9,11H,4-5,10H2,(H,21,22,23)/q-1/p-1. The zero-order valence-electron chi connectivity index (χ0n) is 12.8. The first kappa shape index (κ1) is 18.5. The number of fused-ring (bicyclic) bond motifs is 1. The van der Waals surface area contributed by atoms with Crippen molar-refractivity contribution in [3.05, 3.63) is 61.2 Å². The third kappa shape index (κ3) is 3.02. The van der Waals surface area contributed by atoms with E-state index in [4.69, 9.17) is 4.74 Å². The first-order valence-electron chi connectivity index (χ1n) is 7.29. The summed E-state index contributed by atoms with van der Waals surface area (Å²) in [6.07, 6.45) is 1.40. The van der Waals surface area contributed by atoms with E-state index < -0.39 is 39.5 Å². The van der Waals surface area contributed by atoms with Gasteiger partial charge in [0, 0.05) is 0 Å². The van der Waals surface area contributed by atoms with E-state index in [1.54, 1.807) is 0 Å². The summed E-state index contributed by atoms with van der Waals surface area (Å²) in [6, 6.07) is 10.1. The molecular formula is C16H14F3IO4S-2. The Bertz CT molecular complexity index is 890. The molecule has 9 heteroatoms. The van der Waals surface area contributed by atoms with Gasteiger partial charge in [0.15, 0.2) is 0 Å². The van der Waals surface area contributed by atoms with Crippen LogP contribution in [0, 0.1) is 7.14 Å². The second-order valence-corrected chi connectivity index (χ2v) is 14.2. The SMILES string of the molecule is O=S(=O)([O-])C(F)(F)[I-](F)(c1ccccc1)c1ccc2c(c1)OCCC2. The molecule has 0 fully saturated rings. The summed E-state index contributed by atoms with van der Waals surface area (Å²) in [7, 11) is -6.20. The van der Waals surface area contributed by atoms with Crippen LogP contribution >= 0.6 is 0 Å². The van der Waals surface area contributed by atoms with E-state index in [9.17, 15) is 21.8 Å². The van der Waals surface area contributed by atoms with Crippen LogP contribution in [-0.2, 0) is 16.5 Å². The number of hydrogen-bond acceptors (Lipinski definition) is 4. The maximum absolute atomic E-state index is 15.9. The predicted octanol–water partition coefficient (Wildman–Crippen LogP) is 0.191. The molecular weight excluding hydrogens is 472 g/mol. The Kier molecular flexibility index (Phi) is 4.75. The number of alkyl halides is 3. The van der Waals surface area contributed by atoms with Crippen LogP contribution in [-0.4, -0.2) is 22.8 Å². The van der Waals surface area contributed by atoms with Crippen molar-refractivity contribution in [3.63, 3.8) is 0 Å². The molecule has 25 heavy (non-hydrogen) atoms. The van der Waals surface area contributed by atoms with Gasteiger partial charge in [-0.25, -0.2) is 0 Å². The molecule has 1 aliphatic heterocycles. The first-order chi connectivity index (χ1) is 11.7. The van der Waals surface area contributed by atoms with Crippen molar-refractivity contribution < 1.29 is 48.4 Å². The molecule has 0 saturated carbocycles. The van der Waals surface area contributed by atoms with E-state index in [2.05, 4.69) is 0 Å². The van der Waals surface area contributed by atoms with Gasteiger partial charge in [0.25, 0.3) is 0 Å². The molecule has 2 aromatic carbocycles. The number of halogens is 4. The Morgan fingerprint density at radius 2 is 1.76 bits per heavy atom. The zero-order valence-corrected chi connectivity index (χ0v) is 15.8. The molecule has 0 amide bonds. The van der Waals surface area contributed by atoms with Crippen molar-refractivity contribution >= 4 is 10.1 Å². The van der Waals surface area contributed by atoms with Gasteiger partial charge in [0.1, 0.15) is 0 Å². The predicted molar refractivity (Wildman–Crippen MR) is 79.8 cm³/mol. The van der Waals surface area contributed by atoms with Crippen LogP contribution in [0.1, 0.15) is 12.0 Å². The van der Waals surface area contributed by atoms with Gasteiger partial charge in [0.2, 0.25) is 0 Å². The molecule has 0 aliphatic carbocycles. The Morgan fingerprint density at radius 3 is 2.40 bits per heavy atom. The van der Waals surface area contributed by atoms with E-state index in [-0.39, 0.29) is 5.75 Å². The average Bonchev–Trinajstić information content (AvgIpc) is 2.60. The molecule has 1 atom stereocenters. The number of aryl methyl sites for hydroxylation is 1. The van der Waals surface area contributed by atoms with E-state index in [1.807, 2.05) is 0 Å². The second-order valence-electron chi connectivity index (χ2n) is 5.40. The van der Waals surface area contributed by atoms with E-state index in [0.717, 1.165) is 36.2 Å². The fraction of sp³-hybridized carbons (Fsp3) is 0.250. The van der Waals surface area contributed by atoms with Crippen LogP contribution in [0.3, 0.4) is 0 Å². The molecule has 138 valence electrons. The van der Waals surface area contributed by atoms with Gasteiger partial charge in [-0.2, -0.15) is 0 Å². The number of benzene rings is 2. The number of ether oxygens (including phenoxy) is 1. The summed E-state index contributed by atoms with van der Waals surface area (Å²) in [5.41, 5.74) is 0.736. The molecule has 3 rings (SSSR count). The summed E-state index contributed by atoms with van der Waals surface area (Å²) in [4.78, 5) is 0. The Labute approximate surface area is 148 Å². The Balaban J connectivity index is 2.26. The van der Waals surface area contributed by atoms with Crippen LogP contribution in [0.25, 0.3) is 0 Å². The molecule has 0 N–H and O–H groups in total. The number of hydrogen-bond donors (Lipinski definition) is 0. The molecule has 0 aromatic heterocycles. The third-order valence-electron chi connectivity index (χ3n) is 3.80. The van der Waals surface area contributed by atoms with E-state index >= 15 is 2.86 Å². The first-order valence-corrected chi connectivity index (χ1v) is 12.7. The van der Waals surface area contributed by atoms with E-state index in [1.165, 1.54) is 24.3 Å². The number of rotatable bonds is 4.